The number of hydrogen-bond donors (Lipinski definition) is 1. The quantitative estimate of drug-likeness (QED) is 0.694. The fourth-order valence-corrected chi connectivity index (χ4v) is 2.22. The molecule has 0 spiro atoms. The van der Waals surface area contributed by atoms with Crippen molar-refractivity contribution in [3.8, 4) is 5.75 Å². The van der Waals surface area contributed by atoms with Gasteiger partial charge in [0, 0.05) is 11.8 Å². The molecular formula is C13H13N3O. The molecule has 0 radical (unpaired) electrons. The van der Waals surface area contributed by atoms with Gasteiger partial charge in [0.1, 0.15) is 11.6 Å². The lowest BCUT2D eigenvalue weighted by molar-refractivity contribution is 0.476. The van der Waals surface area contributed by atoms with E-state index in [2.05, 4.69) is 17.1 Å². The van der Waals surface area contributed by atoms with E-state index in [0.717, 1.165) is 34.4 Å². The van der Waals surface area contributed by atoms with E-state index in [1.807, 2.05) is 23.5 Å². The Kier molecular flexibility index (Phi) is 2.04. The van der Waals surface area contributed by atoms with Gasteiger partial charge in [0.05, 0.1) is 5.52 Å². The maximum atomic E-state index is 9.56. The first kappa shape index (κ1) is 10.1. The lowest BCUT2D eigenvalue weighted by atomic mass is 10.1. The van der Waals surface area contributed by atoms with Crippen LogP contribution in [0.1, 0.15) is 18.3 Å². The van der Waals surface area contributed by atoms with E-state index >= 15 is 0 Å². The Bertz CT molecular complexity index is 715. The third-order valence-corrected chi connectivity index (χ3v) is 3.06. The molecule has 0 aliphatic heterocycles. The van der Waals surface area contributed by atoms with Crippen molar-refractivity contribution in [1.29, 1.82) is 0 Å². The number of phenols is 1. The number of hydrogen-bond acceptors (Lipinski definition) is 3. The molecule has 4 nitrogen and oxygen atoms in total. The molecule has 1 N–H and O–H groups in total. The standard InChI is InChI=1S/C13H13N3O/c1-3-12-14-15-13-6-8(2)10-7-9(17)4-5-11(10)16(12)13/h4-7,17H,3H2,1-2H3. The minimum Gasteiger partial charge on any atom is -0.508 e. The zero-order chi connectivity index (χ0) is 12.0. The zero-order valence-corrected chi connectivity index (χ0v) is 9.81. The molecule has 86 valence electrons. The first-order valence-electron chi connectivity index (χ1n) is 5.67. The predicted molar refractivity (Wildman–Crippen MR) is 66.3 cm³/mol. The highest BCUT2D eigenvalue weighted by Crippen LogP contribution is 2.25. The highest BCUT2D eigenvalue weighted by Gasteiger charge is 2.09. The molecule has 0 aliphatic rings. The van der Waals surface area contributed by atoms with Crippen LogP contribution in [0.25, 0.3) is 16.6 Å². The zero-order valence-electron chi connectivity index (χ0n) is 9.81. The minimum absolute atomic E-state index is 0.283. The van der Waals surface area contributed by atoms with Gasteiger partial charge < -0.3 is 5.11 Å². The fourth-order valence-electron chi connectivity index (χ4n) is 2.22. The lowest BCUT2D eigenvalue weighted by Crippen LogP contribution is -1.95. The van der Waals surface area contributed by atoms with Gasteiger partial charge >= 0.3 is 0 Å². The summed E-state index contributed by atoms with van der Waals surface area (Å²) < 4.78 is 2.04. The van der Waals surface area contributed by atoms with E-state index in [1.165, 1.54) is 0 Å². The van der Waals surface area contributed by atoms with Gasteiger partial charge in [0.15, 0.2) is 5.65 Å². The highest BCUT2D eigenvalue weighted by molar-refractivity contribution is 5.86. The van der Waals surface area contributed by atoms with E-state index in [0.29, 0.717) is 0 Å². The minimum atomic E-state index is 0.283. The van der Waals surface area contributed by atoms with Gasteiger partial charge in [-0.3, -0.25) is 4.40 Å². The van der Waals surface area contributed by atoms with Gasteiger partial charge in [-0.05, 0) is 36.8 Å². The third kappa shape index (κ3) is 1.37. The average Bonchev–Trinajstić information content (AvgIpc) is 2.72. The largest absolute Gasteiger partial charge is 0.508 e. The Morgan fingerprint density at radius 3 is 2.82 bits per heavy atom. The molecule has 0 bridgehead atoms. The summed E-state index contributed by atoms with van der Waals surface area (Å²) in [4.78, 5) is 0. The predicted octanol–water partition coefficient (Wildman–Crippen LogP) is 2.46. The molecular weight excluding hydrogens is 214 g/mol. The van der Waals surface area contributed by atoms with Crippen LogP contribution < -0.4 is 0 Å². The van der Waals surface area contributed by atoms with Crippen molar-refractivity contribution >= 4 is 16.6 Å². The SMILES string of the molecule is CCc1nnc2cc(C)c3cc(O)ccc3n12. The van der Waals surface area contributed by atoms with Crippen LogP contribution in [0.2, 0.25) is 0 Å². The van der Waals surface area contributed by atoms with Crippen molar-refractivity contribution in [3.63, 3.8) is 0 Å². The molecule has 0 saturated heterocycles. The summed E-state index contributed by atoms with van der Waals surface area (Å²) in [6.07, 6.45) is 0.834. The summed E-state index contributed by atoms with van der Waals surface area (Å²) in [6, 6.07) is 7.38. The summed E-state index contributed by atoms with van der Waals surface area (Å²) in [5.41, 5.74) is 3.00. The Morgan fingerprint density at radius 1 is 1.24 bits per heavy atom. The first-order valence-corrected chi connectivity index (χ1v) is 5.67. The maximum Gasteiger partial charge on any atom is 0.161 e. The maximum absolute atomic E-state index is 9.56. The summed E-state index contributed by atoms with van der Waals surface area (Å²) in [5, 5.41) is 18.9. The number of benzene rings is 1. The lowest BCUT2D eigenvalue weighted by Gasteiger charge is -2.07. The van der Waals surface area contributed by atoms with Crippen molar-refractivity contribution in [2.45, 2.75) is 20.3 Å². The second kappa shape index (κ2) is 3.45. The third-order valence-electron chi connectivity index (χ3n) is 3.06. The van der Waals surface area contributed by atoms with Crippen LogP contribution in [0.4, 0.5) is 0 Å². The van der Waals surface area contributed by atoms with Gasteiger partial charge in [-0.2, -0.15) is 0 Å². The highest BCUT2D eigenvalue weighted by atomic mass is 16.3. The average molecular weight is 227 g/mol. The summed E-state index contributed by atoms with van der Waals surface area (Å²) >= 11 is 0. The van der Waals surface area contributed by atoms with Gasteiger partial charge in [0.2, 0.25) is 0 Å². The molecule has 0 atom stereocenters. The topological polar surface area (TPSA) is 50.4 Å². The molecule has 4 heteroatoms. The summed E-state index contributed by atoms with van der Waals surface area (Å²) in [7, 11) is 0. The van der Waals surface area contributed by atoms with Gasteiger partial charge in [-0.25, -0.2) is 0 Å². The Morgan fingerprint density at radius 2 is 2.06 bits per heavy atom. The molecule has 0 amide bonds. The van der Waals surface area contributed by atoms with Crippen LogP contribution in [0.15, 0.2) is 24.3 Å². The van der Waals surface area contributed by atoms with E-state index in [1.54, 1.807) is 12.1 Å². The summed E-state index contributed by atoms with van der Waals surface area (Å²) in [6.45, 7) is 4.07. The molecule has 0 saturated carbocycles. The Labute approximate surface area is 98.5 Å². The molecule has 1 aromatic carbocycles. The molecule has 3 rings (SSSR count). The van der Waals surface area contributed by atoms with E-state index in [4.69, 9.17) is 0 Å². The number of nitrogens with zero attached hydrogens (tertiary/aromatic N) is 3. The number of phenolic OH excluding ortho intramolecular Hbond substituents is 1. The number of pyridine rings is 1. The molecule has 2 aromatic heterocycles. The van der Waals surface area contributed by atoms with Crippen molar-refractivity contribution in [2.75, 3.05) is 0 Å². The van der Waals surface area contributed by atoms with Crippen molar-refractivity contribution < 1.29 is 5.11 Å². The van der Waals surface area contributed by atoms with Crippen LogP contribution in [0, 0.1) is 6.92 Å². The number of aromatic hydroxyl groups is 1. The normalized spacial score (nSPS) is 11.4. The molecule has 3 aromatic rings. The Hall–Kier alpha value is -2.10. The molecule has 0 aliphatic carbocycles. The molecule has 17 heavy (non-hydrogen) atoms. The van der Waals surface area contributed by atoms with Crippen LogP contribution in [-0.4, -0.2) is 19.7 Å². The smallest absolute Gasteiger partial charge is 0.161 e. The number of rotatable bonds is 1. The van der Waals surface area contributed by atoms with Gasteiger partial charge in [0.25, 0.3) is 0 Å². The second-order valence-corrected chi connectivity index (χ2v) is 4.19. The number of aryl methyl sites for hydroxylation is 2. The monoisotopic (exact) mass is 227 g/mol. The van der Waals surface area contributed by atoms with E-state index in [9.17, 15) is 5.11 Å². The van der Waals surface area contributed by atoms with E-state index in [-0.39, 0.29) is 5.75 Å². The van der Waals surface area contributed by atoms with Crippen molar-refractivity contribution in [3.05, 3.63) is 35.7 Å². The van der Waals surface area contributed by atoms with Crippen molar-refractivity contribution in [1.82, 2.24) is 14.6 Å². The number of fused-ring (bicyclic) bond motifs is 3. The van der Waals surface area contributed by atoms with Crippen molar-refractivity contribution in [2.24, 2.45) is 0 Å². The first-order chi connectivity index (χ1) is 8.20. The Balaban J connectivity index is 2.56. The molecule has 0 unspecified atom stereocenters. The second-order valence-electron chi connectivity index (χ2n) is 4.19. The van der Waals surface area contributed by atoms with Crippen LogP contribution >= 0.6 is 0 Å². The van der Waals surface area contributed by atoms with Crippen LogP contribution in [0.3, 0.4) is 0 Å². The fraction of sp³-hybridized carbons (Fsp3) is 0.231. The molecule has 2 heterocycles. The van der Waals surface area contributed by atoms with Gasteiger partial charge in [-0.15, -0.1) is 10.2 Å². The molecule has 0 fully saturated rings. The van der Waals surface area contributed by atoms with E-state index < -0.39 is 0 Å². The van der Waals surface area contributed by atoms with Crippen LogP contribution in [0.5, 0.6) is 5.75 Å². The summed E-state index contributed by atoms with van der Waals surface area (Å²) in [5.74, 6) is 1.22. The van der Waals surface area contributed by atoms with Gasteiger partial charge in [-0.1, -0.05) is 6.92 Å². The number of aromatic nitrogens is 3. The van der Waals surface area contributed by atoms with Crippen LogP contribution in [-0.2, 0) is 6.42 Å².